The van der Waals surface area contributed by atoms with Crippen LogP contribution in [0.3, 0.4) is 0 Å². The van der Waals surface area contributed by atoms with Crippen LogP contribution in [0.15, 0.2) is 48.5 Å². The van der Waals surface area contributed by atoms with Crippen LogP contribution in [0.1, 0.15) is 18.1 Å². The largest absolute Gasteiger partial charge is 0.489 e. The number of nitrogens with two attached hydrogens (primary N) is 1. The molecule has 0 saturated carbocycles. The maximum atomic E-state index is 13.5. The Morgan fingerprint density at radius 2 is 1.86 bits per heavy atom. The third kappa shape index (κ3) is 4.85. The van der Waals surface area contributed by atoms with Gasteiger partial charge in [-0.1, -0.05) is 30.3 Å². The number of nitrogens with one attached hydrogen (secondary N) is 1. The van der Waals surface area contributed by atoms with Gasteiger partial charge < -0.3 is 15.8 Å². The second-order valence-corrected chi connectivity index (χ2v) is 5.04. The predicted octanol–water partition coefficient (Wildman–Crippen LogP) is 2.84. The summed E-state index contributed by atoms with van der Waals surface area (Å²) in [4.78, 5) is 0. The first kappa shape index (κ1) is 15.5. The summed E-state index contributed by atoms with van der Waals surface area (Å²) in [6, 6.07) is 14.7. The molecule has 0 heterocycles. The van der Waals surface area contributed by atoms with E-state index in [2.05, 4.69) is 5.32 Å². The number of halogens is 1. The molecule has 1 atom stereocenters. The van der Waals surface area contributed by atoms with Gasteiger partial charge in [-0.3, -0.25) is 0 Å². The molecular formula is C17H21FN2O. The Bertz CT molecular complexity index is 557. The van der Waals surface area contributed by atoms with Crippen LogP contribution in [0, 0.1) is 5.82 Å². The topological polar surface area (TPSA) is 47.3 Å². The molecule has 0 bridgehead atoms. The maximum Gasteiger partial charge on any atom is 0.129 e. The summed E-state index contributed by atoms with van der Waals surface area (Å²) in [5.74, 6) is 0.489. The van der Waals surface area contributed by atoms with Crippen molar-refractivity contribution in [3.8, 4) is 5.75 Å². The third-order valence-electron chi connectivity index (χ3n) is 3.28. The standard InChI is InChI=1S/C17H21FN2O/c1-13(10-19)20-11-14-6-8-16(9-7-14)21-12-15-4-2-3-5-17(15)18/h2-9,13,20H,10-12,19H2,1H3/t13-/m1/s1. The number of hydrogen-bond acceptors (Lipinski definition) is 3. The van der Waals surface area contributed by atoms with Crippen molar-refractivity contribution in [1.82, 2.24) is 5.32 Å². The fourth-order valence-electron chi connectivity index (χ4n) is 1.86. The summed E-state index contributed by atoms with van der Waals surface area (Å²) in [5.41, 5.74) is 7.27. The molecule has 2 aromatic rings. The second kappa shape index (κ2) is 7.76. The lowest BCUT2D eigenvalue weighted by Gasteiger charge is -2.12. The van der Waals surface area contributed by atoms with Crippen molar-refractivity contribution in [3.05, 3.63) is 65.5 Å². The van der Waals surface area contributed by atoms with Gasteiger partial charge in [0.05, 0.1) is 0 Å². The molecule has 0 spiro atoms. The molecule has 2 rings (SSSR count). The summed E-state index contributed by atoms with van der Waals surface area (Å²) in [6.07, 6.45) is 0. The molecule has 0 radical (unpaired) electrons. The van der Waals surface area contributed by atoms with Crippen molar-refractivity contribution >= 4 is 0 Å². The van der Waals surface area contributed by atoms with Gasteiger partial charge in [-0.15, -0.1) is 0 Å². The van der Waals surface area contributed by atoms with E-state index in [4.69, 9.17) is 10.5 Å². The molecule has 0 aliphatic heterocycles. The highest BCUT2D eigenvalue weighted by molar-refractivity contribution is 5.28. The van der Waals surface area contributed by atoms with E-state index in [0.717, 1.165) is 17.9 Å². The smallest absolute Gasteiger partial charge is 0.129 e. The second-order valence-electron chi connectivity index (χ2n) is 5.04. The summed E-state index contributed by atoms with van der Waals surface area (Å²) in [7, 11) is 0. The van der Waals surface area contributed by atoms with Gasteiger partial charge in [0.25, 0.3) is 0 Å². The Kier molecular flexibility index (Phi) is 5.72. The molecule has 2 aromatic carbocycles. The summed E-state index contributed by atoms with van der Waals surface area (Å²) < 4.78 is 19.1. The molecule has 4 heteroatoms. The molecule has 3 N–H and O–H groups in total. The van der Waals surface area contributed by atoms with Crippen LogP contribution in [-0.2, 0) is 13.2 Å². The van der Waals surface area contributed by atoms with Gasteiger partial charge in [-0.05, 0) is 30.7 Å². The molecule has 3 nitrogen and oxygen atoms in total. The minimum atomic E-state index is -0.242. The normalized spacial score (nSPS) is 12.1. The Morgan fingerprint density at radius 3 is 2.52 bits per heavy atom. The molecule has 0 unspecified atom stereocenters. The zero-order chi connectivity index (χ0) is 15.1. The summed E-state index contributed by atoms with van der Waals surface area (Å²) in [5, 5.41) is 3.32. The quantitative estimate of drug-likeness (QED) is 0.823. The van der Waals surface area contributed by atoms with Gasteiger partial charge in [-0.25, -0.2) is 4.39 Å². The molecule has 0 aromatic heterocycles. The van der Waals surface area contributed by atoms with Crippen LogP contribution in [0.4, 0.5) is 4.39 Å². The minimum absolute atomic E-state index is 0.231. The Hall–Kier alpha value is -1.91. The van der Waals surface area contributed by atoms with Crippen molar-refractivity contribution in [3.63, 3.8) is 0 Å². The monoisotopic (exact) mass is 288 g/mol. The average Bonchev–Trinajstić information content (AvgIpc) is 2.53. The van der Waals surface area contributed by atoms with E-state index < -0.39 is 0 Å². The van der Waals surface area contributed by atoms with E-state index in [1.54, 1.807) is 18.2 Å². The van der Waals surface area contributed by atoms with Crippen LogP contribution in [0.5, 0.6) is 5.75 Å². The van der Waals surface area contributed by atoms with Crippen LogP contribution < -0.4 is 15.8 Å². The zero-order valence-electron chi connectivity index (χ0n) is 12.2. The number of ether oxygens (including phenoxy) is 1. The first-order chi connectivity index (χ1) is 10.2. The van der Waals surface area contributed by atoms with Crippen molar-refractivity contribution < 1.29 is 9.13 Å². The van der Waals surface area contributed by atoms with Crippen LogP contribution in [-0.4, -0.2) is 12.6 Å². The fourth-order valence-corrected chi connectivity index (χ4v) is 1.86. The lowest BCUT2D eigenvalue weighted by atomic mass is 10.2. The Morgan fingerprint density at radius 1 is 1.14 bits per heavy atom. The van der Waals surface area contributed by atoms with Crippen LogP contribution >= 0.6 is 0 Å². The lowest BCUT2D eigenvalue weighted by molar-refractivity contribution is 0.299. The van der Waals surface area contributed by atoms with E-state index in [1.165, 1.54) is 6.07 Å². The highest BCUT2D eigenvalue weighted by atomic mass is 19.1. The number of rotatable bonds is 7. The molecule has 21 heavy (non-hydrogen) atoms. The van der Waals surface area contributed by atoms with Crippen LogP contribution in [0.25, 0.3) is 0 Å². The third-order valence-corrected chi connectivity index (χ3v) is 3.28. The molecule has 0 amide bonds. The van der Waals surface area contributed by atoms with Crippen molar-refractivity contribution in [2.45, 2.75) is 26.1 Å². The molecule has 0 aliphatic rings. The number of hydrogen-bond donors (Lipinski definition) is 2. The molecular weight excluding hydrogens is 267 g/mol. The molecule has 0 aliphatic carbocycles. The highest BCUT2D eigenvalue weighted by Crippen LogP contribution is 2.15. The minimum Gasteiger partial charge on any atom is -0.489 e. The number of benzene rings is 2. The first-order valence-corrected chi connectivity index (χ1v) is 7.07. The lowest BCUT2D eigenvalue weighted by Crippen LogP contribution is -2.32. The SMILES string of the molecule is C[C@H](CN)NCc1ccc(OCc2ccccc2F)cc1. The van der Waals surface area contributed by atoms with Crippen LogP contribution in [0.2, 0.25) is 0 Å². The Balaban J connectivity index is 1.86. The van der Waals surface area contributed by atoms with E-state index in [1.807, 2.05) is 31.2 Å². The molecule has 0 fully saturated rings. The molecule has 0 saturated heterocycles. The van der Waals surface area contributed by atoms with Gasteiger partial charge in [0.1, 0.15) is 18.2 Å². The average molecular weight is 288 g/mol. The summed E-state index contributed by atoms with van der Waals surface area (Å²) >= 11 is 0. The van der Waals surface area contributed by atoms with Crippen molar-refractivity contribution in [2.75, 3.05) is 6.54 Å². The fraction of sp³-hybridized carbons (Fsp3) is 0.294. The van der Waals surface area contributed by atoms with Crippen molar-refractivity contribution in [2.24, 2.45) is 5.73 Å². The zero-order valence-corrected chi connectivity index (χ0v) is 12.2. The first-order valence-electron chi connectivity index (χ1n) is 7.07. The van der Waals surface area contributed by atoms with Crippen molar-refractivity contribution in [1.29, 1.82) is 0 Å². The van der Waals surface area contributed by atoms with Gasteiger partial charge in [0.15, 0.2) is 0 Å². The maximum absolute atomic E-state index is 13.5. The highest BCUT2D eigenvalue weighted by Gasteiger charge is 2.02. The Labute approximate surface area is 124 Å². The summed E-state index contributed by atoms with van der Waals surface area (Å²) in [6.45, 7) is 3.66. The van der Waals surface area contributed by atoms with Gasteiger partial charge >= 0.3 is 0 Å². The van der Waals surface area contributed by atoms with E-state index in [9.17, 15) is 4.39 Å². The predicted molar refractivity (Wildman–Crippen MR) is 82.5 cm³/mol. The van der Waals surface area contributed by atoms with Gasteiger partial charge in [0.2, 0.25) is 0 Å². The van der Waals surface area contributed by atoms with E-state index >= 15 is 0 Å². The van der Waals surface area contributed by atoms with Gasteiger partial charge in [0, 0.05) is 24.7 Å². The van der Waals surface area contributed by atoms with E-state index in [-0.39, 0.29) is 12.4 Å². The van der Waals surface area contributed by atoms with E-state index in [0.29, 0.717) is 18.2 Å². The molecule has 112 valence electrons. The van der Waals surface area contributed by atoms with Gasteiger partial charge in [-0.2, -0.15) is 0 Å².